The number of nitrogens with one attached hydrogen (secondary N) is 3. The lowest BCUT2D eigenvalue weighted by atomic mass is 10.2. The zero-order chi connectivity index (χ0) is 20.8. The number of urea groups is 1. The van der Waals surface area contributed by atoms with Crippen molar-refractivity contribution in [1.29, 1.82) is 0 Å². The van der Waals surface area contributed by atoms with Crippen molar-refractivity contribution in [3.05, 3.63) is 78.9 Å². The van der Waals surface area contributed by atoms with Gasteiger partial charge in [-0.3, -0.25) is 4.79 Å². The van der Waals surface area contributed by atoms with Crippen LogP contribution in [0.4, 0.5) is 16.2 Å². The first-order valence-corrected chi connectivity index (χ1v) is 10.4. The number of amides is 3. The van der Waals surface area contributed by atoms with Crippen molar-refractivity contribution in [2.75, 3.05) is 17.2 Å². The Balaban J connectivity index is 1.35. The van der Waals surface area contributed by atoms with Crippen molar-refractivity contribution in [2.45, 2.75) is 6.42 Å². The smallest absolute Gasteiger partial charge is 0.319 e. The van der Waals surface area contributed by atoms with Crippen molar-refractivity contribution in [3.63, 3.8) is 0 Å². The number of thiazole rings is 1. The summed E-state index contributed by atoms with van der Waals surface area (Å²) in [5.41, 5.74) is 3.22. The highest BCUT2D eigenvalue weighted by Gasteiger charge is 2.12. The third-order valence-electron chi connectivity index (χ3n) is 4.39. The van der Waals surface area contributed by atoms with E-state index < -0.39 is 0 Å². The molecule has 0 aliphatic rings. The van der Waals surface area contributed by atoms with Gasteiger partial charge in [-0.1, -0.05) is 42.5 Å². The molecule has 150 valence electrons. The number of hydrogen-bond donors (Lipinski definition) is 3. The Morgan fingerprint density at radius 2 is 1.57 bits per heavy atom. The molecule has 0 fully saturated rings. The van der Waals surface area contributed by atoms with Crippen molar-refractivity contribution in [2.24, 2.45) is 0 Å². The molecule has 3 N–H and O–H groups in total. The second kappa shape index (κ2) is 9.19. The number of hydrogen-bond acceptors (Lipinski definition) is 4. The Kier molecular flexibility index (Phi) is 6.01. The van der Waals surface area contributed by atoms with Crippen LogP contribution >= 0.6 is 11.3 Å². The molecule has 0 atom stereocenters. The molecule has 0 aliphatic carbocycles. The van der Waals surface area contributed by atoms with Crippen molar-refractivity contribution >= 4 is 44.9 Å². The van der Waals surface area contributed by atoms with Gasteiger partial charge in [-0.25, -0.2) is 9.78 Å². The van der Waals surface area contributed by atoms with Crippen LogP contribution in [0.1, 0.15) is 6.42 Å². The van der Waals surface area contributed by atoms with Crippen LogP contribution in [0, 0.1) is 0 Å². The summed E-state index contributed by atoms with van der Waals surface area (Å²) in [4.78, 5) is 29.0. The average Bonchev–Trinajstić information content (AvgIpc) is 3.19. The topological polar surface area (TPSA) is 83.1 Å². The second-order valence-electron chi connectivity index (χ2n) is 6.58. The summed E-state index contributed by atoms with van der Waals surface area (Å²) in [6.45, 7) is 0.230. The van der Waals surface area contributed by atoms with Crippen LogP contribution in [-0.4, -0.2) is 23.5 Å². The molecule has 1 aromatic heterocycles. The predicted molar refractivity (Wildman–Crippen MR) is 122 cm³/mol. The maximum absolute atomic E-state index is 12.4. The molecule has 3 amide bonds. The molecule has 0 bridgehead atoms. The molecule has 4 aromatic rings. The van der Waals surface area contributed by atoms with Gasteiger partial charge in [-0.15, -0.1) is 11.3 Å². The number of carbonyl (C=O) groups is 2. The minimum absolute atomic E-state index is 0.163. The highest BCUT2D eigenvalue weighted by Crippen LogP contribution is 2.34. The van der Waals surface area contributed by atoms with Gasteiger partial charge in [0.15, 0.2) is 0 Å². The maximum Gasteiger partial charge on any atom is 0.319 e. The molecular weight excluding hydrogens is 396 g/mol. The molecule has 0 saturated heterocycles. The van der Waals surface area contributed by atoms with Crippen molar-refractivity contribution < 1.29 is 9.59 Å². The van der Waals surface area contributed by atoms with Gasteiger partial charge in [0.25, 0.3) is 0 Å². The van der Waals surface area contributed by atoms with Crippen LogP contribution in [0.25, 0.3) is 20.8 Å². The largest absolute Gasteiger partial charge is 0.337 e. The molecule has 7 heteroatoms. The van der Waals surface area contributed by atoms with Gasteiger partial charge in [0.1, 0.15) is 5.01 Å². The van der Waals surface area contributed by atoms with E-state index in [1.165, 1.54) is 0 Å². The molecular formula is C23H20N4O2S. The molecule has 30 heavy (non-hydrogen) atoms. The Morgan fingerprint density at radius 3 is 2.40 bits per heavy atom. The van der Waals surface area contributed by atoms with Gasteiger partial charge in [-0.05, 0) is 36.4 Å². The summed E-state index contributed by atoms with van der Waals surface area (Å²) >= 11 is 1.59. The zero-order valence-electron chi connectivity index (χ0n) is 16.1. The predicted octanol–water partition coefficient (Wildman–Crippen LogP) is 5.11. The van der Waals surface area contributed by atoms with Gasteiger partial charge in [0, 0.05) is 24.2 Å². The number of rotatable bonds is 6. The van der Waals surface area contributed by atoms with Gasteiger partial charge < -0.3 is 16.0 Å². The summed E-state index contributed by atoms with van der Waals surface area (Å²) in [5, 5.41) is 9.20. The lowest BCUT2D eigenvalue weighted by Gasteiger charge is -2.10. The Labute approximate surface area is 178 Å². The fourth-order valence-corrected chi connectivity index (χ4v) is 3.97. The molecule has 6 nitrogen and oxygen atoms in total. The molecule has 0 radical (unpaired) electrons. The first-order valence-electron chi connectivity index (χ1n) is 9.54. The highest BCUT2D eigenvalue weighted by atomic mass is 32.1. The maximum atomic E-state index is 12.4. The molecule has 4 rings (SSSR count). The quantitative estimate of drug-likeness (QED) is 0.408. The van der Waals surface area contributed by atoms with Crippen LogP contribution in [0.2, 0.25) is 0 Å². The first kappa shape index (κ1) is 19.6. The third-order valence-corrected chi connectivity index (χ3v) is 5.46. The number of carbonyl (C=O) groups excluding carboxylic acids is 2. The minimum atomic E-state index is -0.344. The van der Waals surface area contributed by atoms with E-state index in [1.54, 1.807) is 23.5 Å². The molecule has 0 spiro atoms. The second-order valence-corrected chi connectivity index (χ2v) is 7.61. The van der Waals surface area contributed by atoms with Gasteiger partial charge in [-0.2, -0.15) is 0 Å². The monoisotopic (exact) mass is 416 g/mol. The first-order chi connectivity index (χ1) is 14.7. The Morgan fingerprint density at radius 1 is 0.833 bits per heavy atom. The number of para-hydroxylation sites is 3. The summed E-state index contributed by atoms with van der Waals surface area (Å²) in [7, 11) is 0. The molecule has 3 aromatic carbocycles. The third kappa shape index (κ3) is 4.82. The van der Waals surface area contributed by atoms with E-state index in [-0.39, 0.29) is 24.9 Å². The summed E-state index contributed by atoms with van der Waals surface area (Å²) in [6, 6.07) is 24.3. The minimum Gasteiger partial charge on any atom is -0.337 e. The summed E-state index contributed by atoms with van der Waals surface area (Å²) in [5.74, 6) is -0.177. The summed E-state index contributed by atoms with van der Waals surface area (Å²) < 4.78 is 1.10. The fraction of sp³-hybridized carbons (Fsp3) is 0.0870. The highest BCUT2D eigenvalue weighted by molar-refractivity contribution is 7.21. The lowest BCUT2D eigenvalue weighted by Crippen LogP contribution is -2.31. The fourth-order valence-electron chi connectivity index (χ4n) is 2.97. The number of fused-ring (bicyclic) bond motifs is 1. The molecule has 0 saturated carbocycles. The number of aromatic nitrogens is 1. The van der Waals surface area contributed by atoms with Crippen molar-refractivity contribution in [3.8, 4) is 10.6 Å². The average molecular weight is 417 g/mol. The van der Waals surface area contributed by atoms with Gasteiger partial charge in [0.05, 0.1) is 15.9 Å². The zero-order valence-corrected chi connectivity index (χ0v) is 16.9. The SMILES string of the molecule is O=C(CCNC(=O)Nc1ccccc1)Nc1ccccc1-c1nc2ccccc2s1. The van der Waals surface area contributed by atoms with Crippen LogP contribution in [0.5, 0.6) is 0 Å². The van der Waals surface area contributed by atoms with E-state index in [9.17, 15) is 9.59 Å². The van der Waals surface area contributed by atoms with Gasteiger partial charge >= 0.3 is 6.03 Å². The van der Waals surface area contributed by atoms with Crippen LogP contribution in [0.15, 0.2) is 78.9 Å². The number of anilines is 2. The van der Waals surface area contributed by atoms with Crippen LogP contribution < -0.4 is 16.0 Å². The van der Waals surface area contributed by atoms with E-state index in [2.05, 4.69) is 20.9 Å². The van der Waals surface area contributed by atoms with E-state index >= 15 is 0 Å². The van der Waals surface area contributed by atoms with Crippen LogP contribution in [-0.2, 0) is 4.79 Å². The van der Waals surface area contributed by atoms with Crippen molar-refractivity contribution in [1.82, 2.24) is 10.3 Å². The van der Waals surface area contributed by atoms with E-state index in [0.717, 1.165) is 20.8 Å². The number of benzene rings is 3. The van der Waals surface area contributed by atoms with E-state index in [0.29, 0.717) is 11.4 Å². The summed E-state index contributed by atoms with van der Waals surface area (Å²) in [6.07, 6.45) is 0.163. The van der Waals surface area contributed by atoms with E-state index in [1.807, 2.05) is 66.7 Å². The standard InChI is InChI=1S/C23H20N4O2S/c28-21(14-15-24-23(29)25-16-8-2-1-3-9-16)26-18-11-5-4-10-17(18)22-27-19-12-6-7-13-20(19)30-22/h1-13H,14-15H2,(H,26,28)(H2,24,25,29). The lowest BCUT2D eigenvalue weighted by molar-refractivity contribution is -0.116. The Hall–Kier alpha value is -3.71. The molecule has 0 unspecified atom stereocenters. The number of nitrogens with zero attached hydrogens (tertiary/aromatic N) is 1. The molecule has 0 aliphatic heterocycles. The van der Waals surface area contributed by atoms with Crippen LogP contribution in [0.3, 0.4) is 0 Å². The van der Waals surface area contributed by atoms with Gasteiger partial charge in [0.2, 0.25) is 5.91 Å². The normalized spacial score (nSPS) is 10.5. The Bertz CT molecular complexity index is 1140. The van der Waals surface area contributed by atoms with E-state index in [4.69, 9.17) is 0 Å². The molecule has 1 heterocycles.